The van der Waals surface area contributed by atoms with Crippen LogP contribution in [0.3, 0.4) is 0 Å². The molecule has 0 aliphatic carbocycles. The molecule has 2 N–H and O–H groups in total. The number of benzene rings is 2. The summed E-state index contributed by atoms with van der Waals surface area (Å²) in [6.45, 7) is 0. The molecule has 0 spiro atoms. The van der Waals surface area contributed by atoms with Crippen molar-refractivity contribution in [2.24, 2.45) is 0 Å². The maximum absolute atomic E-state index is 6.27. The number of allylic oxidation sites excluding steroid dienone is 1. The number of para-hydroxylation sites is 2. The van der Waals surface area contributed by atoms with Gasteiger partial charge in [0.25, 0.3) is 0 Å². The van der Waals surface area contributed by atoms with E-state index in [0.717, 1.165) is 23.5 Å². The van der Waals surface area contributed by atoms with Gasteiger partial charge in [-0.2, -0.15) is 0 Å². The van der Waals surface area contributed by atoms with Crippen LogP contribution in [-0.4, -0.2) is 0 Å². The number of hydrogen-bond donors (Lipinski definition) is 2. The van der Waals surface area contributed by atoms with Crippen molar-refractivity contribution in [3.05, 3.63) is 71.0 Å². The summed E-state index contributed by atoms with van der Waals surface area (Å²) in [4.78, 5) is 0. The number of nitrogens with one attached hydrogen (secondary N) is 2. The molecule has 3 rings (SSSR count). The van der Waals surface area contributed by atoms with Crippen LogP contribution in [0.15, 0.2) is 65.5 Å². The van der Waals surface area contributed by atoms with Gasteiger partial charge in [-0.25, -0.2) is 0 Å². The molecule has 18 heavy (non-hydrogen) atoms. The molecule has 0 unspecified atom stereocenters. The van der Waals surface area contributed by atoms with Crippen LogP contribution >= 0.6 is 11.6 Å². The van der Waals surface area contributed by atoms with E-state index in [4.69, 9.17) is 11.6 Å². The first-order chi connectivity index (χ1) is 8.83. The van der Waals surface area contributed by atoms with Crippen molar-refractivity contribution in [1.29, 1.82) is 0 Å². The zero-order valence-electron chi connectivity index (χ0n) is 9.78. The van der Waals surface area contributed by atoms with Crippen LogP contribution in [0.5, 0.6) is 0 Å². The summed E-state index contributed by atoms with van der Waals surface area (Å²) < 4.78 is 0. The van der Waals surface area contributed by atoms with Gasteiger partial charge in [0, 0.05) is 6.42 Å². The van der Waals surface area contributed by atoms with Crippen LogP contribution < -0.4 is 10.6 Å². The molecule has 0 fully saturated rings. The molecule has 0 bridgehead atoms. The topological polar surface area (TPSA) is 24.1 Å². The molecular formula is C15H13ClN2. The molecule has 2 nitrogen and oxygen atoms in total. The van der Waals surface area contributed by atoms with E-state index < -0.39 is 0 Å². The summed E-state index contributed by atoms with van der Waals surface area (Å²) in [7, 11) is 0. The molecule has 1 heterocycles. The smallest absolute Gasteiger partial charge is 0.126 e. The van der Waals surface area contributed by atoms with Gasteiger partial charge in [-0.1, -0.05) is 54.1 Å². The lowest BCUT2D eigenvalue weighted by atomic mass is 10.1. The maximum atomic E-state index is 6.27. The van der Waals surface area contributed by atoms with Gasteiger partial charge in [0.2, 0.25) is 0 Å². The van der Waals surface area contributed by atoms with Gasteiger partial charge < -0.3 is 10.6 Å². The van der Waals surface area contributed by atoms with Crippen LogP contribution in [0.4, 0.5) is 11.4 Å². The summed E-state index contributed by atoms with van der Waals surface area (Å²) in [5, 5.41) is 7.26. The molecule has 0 amide bonds. The zero-order chi connectivity index (χ0) is 12.4. The standard InChI is InChI=1S/C15H13ClN2/c16-15-14(10-11-6-2-1-3-7-11)17-12-8-4-5-9-13(12)18-15/h1-9,17-18H,10H2. The van der Waals surface area contributed by atoms with E-state index in [9.17, 15) is 0 Å². The Bertz CT molecular complexity index is 590. The molecule has 0 saturated carbocycles. The minimum Gasteiger partial charge on any atom is -0.354 e. The second-order valence-corrected chi connectivity index (χ2v) is 4.63. The van der Waals surface area contributed by atoms with Crippen molar-refractivity contribution in [2.75, 3.05) is 10.6 Å². The SMILES string of the molecule is ClC1=C(Cc2ccccc2)Nc2ccccc2N1. The highest BCUT2D eigenvalue weighted by molar-refractivity contribution is 6.32. The number of fused-ring (bicyclic) bond motifs is 1. The van der Waals surface area contributed by atoms with Gasteiger partial charge in [-0.05, 0) is 17.7 Å². The third-order valence-corrected chi connectivity index (χ3v) is 3.27. The lowest BCUT2D eigenvalue weighted by molar-refractivity contribution is 1.12. The van der Waals surface area contributed by atoms with Crippen LogP contribution in [0, 0.1) is 0 Å². The fourth-order valence-corrected chi connectivity index (χ4v) is 2.25. The van der Waals surface area contributed by atoms with Crippen molar-refractivity contribution < 1.29 is 0 Å². The molecule has 1 aliphatic rings. The first kappa shape index (κ1) is 11.2. The average Bonchev–Trinajstić information content (AvgIpc) is 2.41. The van der Waals surface area contributed by atoms with Gasteiger partial charge in [0.15, 0.2) is 0 Å². The van der Waals surface area contributed by atoms with Gasteiger partial charge >= 0.3 is 0 Å². The first-order valence-electron chi connectivity index (χ1n) is 5.88. The third-order valence-electron chi connectivity index (χ3n) is 2.95. The summed E-state index contributed by atoms with van der Waals surface area (Å²) >= 11 is 6.27. The molecule has 0 atom stereocenters. The van der Waals surface area contributed by atoms with Crippen LogP contribution in [-0.2, 0) is 6.42 Å². The van der Waals surface area contributed by atoms with E-state index in [1.807, 2.05) is 42.5 Å². The van der Waals surface area contributed by atoms with Gasteiger partial charge in [-0.15, -0.1) is 0 Å². The summed E-state index contributed by atoms with van der Waals surface area (Å²) in [6, 6.07) is 18.3. The molecule has 0 radical (unpaired) electrons. The van der Waals surface area contributed by atoms with Crippen molar-refractivity contribution in [1.82, 2.24) is 0 Å². The third kappa shape index (κ3) is 2.20. The van der Waals surface area contributed by atoms with Gasteiger partial charge in [-0.3, -0.25) is 0 Å². The number of hydrogen-bond acceptors (Lipinski definition) is 2. The van der Waals surface area contributed by atoms with Crippen molar-refractivity contribution in [3.8, 4) is 0 Å². The minimum atomic E-state index is 0.664. The van der Waals surface area contributed by atoms with E-state index in [0.29, 0.717) is 5.16 Å². The van der Waals surface area contributed by atoms with E-state index in [2.05, 4.69) is 22.8 Å². The second kappa shape index (κ2) is 4.75. The Morgan fingerprint density at radius 1 is 0.778 bits per heavy atom. The monoisotopic (exact) mass is 256 g/mol. The predicted octanol–water partition coefficient (Wildman–Crippen LogP) is 4.17. The fraction of sp³-hybridized carbons (Fsp3) is 0.0667. The Morgan fingerprint density at radius 3 is 2.11 bits per heavy atom. The molecule has 0 saturated heterocycles. The number of rotatable bonds is 2. The zero-order valence-corrected chi connectivity index (χ0v) is 10.5. The summed E-state index contributed by atoms with van der Waals surface area (Å²) in [5.74, 6) is 0. The first-order valence-corrected chi connectivity index (χ1v) is 6.26. The second-order valence-electron chi connectivity index (χ2n) is 4.25. The summed E-state index contributed by atoms with van der Waals surface area (Å²) in [5.41, 5.74) is 4.31. The van der Waals surface area contributed by atoms with Crippen LogP contribution in [0.25, 0.3) is 0 Å². The number of halogens is 1. The van der Waals surface area contributed by atoms with Gasteiger partial charge in [0.1, 0.15) is 5.16 Å². The Hall–Kier alpha value is -1.93. The Balaban J connectivity index is 1.86. The fourth-order valence-electron chi connectivity index (χ4n) is 2.03. The lowest BCUT2D eigenvalue weighted by Crippen LogP contribution is -2.15. The van der Waals surface area contributed by atoms with E-state index >= 15 is 0 Å². The molecule has 2 aromatic carbocycles. The van der Waals surface area contributed by atoms with Crippen molar-refractivity contribution >= 4 is 23.0 Å². The number of anilines is 2. The average molecular weight is 257 g/mol. The van der Waals surface area contributed by atoms with Crippen LogP contribution in [0.2, 0.25) is 0 Å². The normalized spacial score (nSPS) is 13.6. The molecule has 2 aromatic rings. The summed E-state index contributed by atoms with van der Waals surface area (Å²) in [6.07, 6.45) is 0.793. The highest BCUT2D eigenvalue weighted by Gasteiger charge is 2.15. The lowest BCUT2D eigenvalue weighted by Gasteiger charge is -2.23. The molecular weight excluding hydrogens is 244 g/mol. The molecule has 1 aliphatic heterocycles. The Morgan fingerprint density at radius 2 is 1.39 bits per heavy atom. The highest BCUT2D eigenvalue weighted by Crippen LogP contribution is 2.31. The Labute approximate surface area is 111 Å². The quantitative estimate of drug-likeness (QED) is 0.788. The predicted molar refractivity (Wildman–Crippen MR) is 76.7 cm³/mol. The Kier molecular flexibility index (Phi) is 2.95. The molecule has 3 heteroatoms. The largest absolute Gasteiger partial charge is 0.354 e. The highest BCUT2D eigenvalue weighted by atomic mass is 35.5. The van der Waals surface area contributed by atoms with E-state index in [1.165, 1.54) is 5.56 Å². The molecule has 90 valence electrons. The molecule has 0 aromatic heterocycles. The van der Waals surface area contributed by atoms with Crippen molar-refractivity contribution in [2.45, 2.75) is 6.42 Å². The van der Waals surface area contributed by atoms with E-state index in [-0.39, 0.29) is 0 Å². The van der Waals surface area contributed by atoms with E-state index in [1.54, 1.807) is 0 Å². The van der Waals surface area contributed by atoms with Gasteiger partial charge in [0.05, 0.1) is 17.1 Å². The van der Waals surface area contributed by atoms with Crippen LogP contribution in [0.1, 0.15) is 5.56 Å². The van der Waals surface area contributed by atoms with Crippen molar-refractivity contribution in [3.63, 3.8) is 0 Å². The maximum Gasteiger partial charge on any atom is 0.126 e. The minimum absolute atomic E-state index is 0.664.